The summed E-state index contributed by atoms with van der Waals surface area (Å²) in [6, 6.07) is 3.77. The highest BCUT2D eigenvalue weighted by Gasteiger charge is 2.03. The number of nitrogens with one attached hydrogen (secondary N) is 1. The lowest BCUT2D eigenvalue weighted by molar-refractivity contribution is 0.822. The quantitative estimate of drug-likeness (QED) is 0.749. The summed E-state index contributed by atoms with van der Waals surface area (Å²) in [5.74, 6) is 3.26. The van der Waals surface area contributed by atoms with Crippen LogP contribution >= 0.6 is 11.6 Å². The zero-order chi connectivity index (χ0) is 9.68. The van der Waals surface area contributed by atoms with Crippen molar-refractivity contribution in [2.75, 3.05) is 5.32 Å². The van der Waals surface area contributed by atoms with Crippen LogP contribution in [-0.2, 0) is 0 Å². The lowest BCUT2D eigenvalue weighted by Gasteiger charge is -2.11. The zero-order valence-corrected chi connectivity index (χ0v) is 8.17. The average molecular weight is 195 g/mol. The molecule has 0 fully saturated rings. The van der Waals surface area contributed by atoms with Gasteiger partial charge in [-0.1, -0.05) is 11.6 Å². The summed E-state index contributed by atoms with van der Waals surface area (Å²) in [7, 11) is 0. The molecule has 0 bridgehead atoms. The van der Waals surface area contributed by atoms with Gasteiger partial charge >= 0.3 is 0 Å². The molecule has 3 heteroatoms. The number of anilines is 1. The minimum atomic E-state index is 0.192. The van der Waals surface area contributed by atoms with Crippen LogP contribution in [0.4, 0.5) is 5.82 Å². The summed E-state index contributed by atoms with van der Waals surface area (Å²) in [6.45, 7) is 1.99. The molecular formula is C10H11ClN2. The Morgan fingerprint density at radius 2 is 2.54 bits per heavy atom. The molecule has 0 aromatic carbocycles. The zero-order valence-electron chi connectivity index (χ0n) is 7.42. The highest BCUT2D eigenvalue weighted by molar-refractivity contribution is 6.32. The Kier molecular flexibility index (Phi) is 3.60. The first-order chi connectivity index (χ1) is 6.24. The maximum absolute atomic E-state index is 5.89. The average Bonchev–Trinajstić information content (AvgIpc) is 2.09. The molecule has 1 N–H and O–H groups in total. The van der Waals surface area contributed by atoms with Crippen LogP contribution in [0.5, 0.6) is 0 Å². The minimum absolute atomic E-state index is 0.192. The molecule has 1 rings (SSSR count). The van der Waals surface area contributed by atoms with Crippen molar-refractivity contribution < 1.29 is 0 Å². The van der Waals surface area contributed by atoms with Crippen LogP contribution in [-0.4, -0.2) is 11.0 Å². The van der Waals surface area contributed by atoms with Crippen LogP contribution in [0.1, 0.15) is 13.3 Å². The van der Waals surface area contributed by atoms with Crippen molar-refractivity contribution in [1.82, 2.24) is 4.98 Å². The molecular weight excluding hydrogens is 184 g/mol. The van der Waals surface area contributed by atoms with E-state index in [0.717, 1.165) is 0 Å². The molecule has 0 aliphatic heterocycles. The Labute approximate surface area is 83.3 Å². The third kappa shape index (κ3) is 2.96. The van der Waals surface area contributed by atoms with E-state index in [-0.39, 0.29) is 6.04 Å². The summed E-state index contributed by atoms with van der Waals surface area (Å²) in [4.78, 5) is 4.09. The monoisotopic (exact) mass is 194 g/mol. The molecule has 0 saturated heterocycles. The van der Waals surface area contributed by atoms with Crippen molar-refractivity contribution in [1.29, 1.82) is 0 Å². The van der Waals surface area contributed by atoms with Crippen molar-refractivity contribution in [3.63, 3.8) is 0 Å². The first-order valence-electron chi connectivity index (χ1n) is 4.04. The topological polar surface area (TPSA) is 24.9 Å². The van der Waals surface area contributed by atoms with E-state index in [2.05, 4.69) is 16.2 Å². The number of terminal acetylenes is 1. The van der Waals surface area contributed by atoms with Gasteiger partial charge in [0.15, 0.2) is 0 Å². The van der Waals surface area contributed by atoms with Gasteiger partial charge in [-0.05, 0) is 19.1 Å². The molecule has 2 nitrogen and oxygen atoms in total. The molecule has 0 aliphatic rings. The Bertz CT molecular complexity index is 317. The fourth-order valence-corrected chi connectivity index (χ4v) is 1.13. The molecule has 1 aromatic rings. The van der Waals surface area contributed by atoms with E-state index in [9.17, 15) is 0 Å². The van der Waals surface area contributed by atoms with Gasteiger partial charge in [-0.25, -0.2) is 4.98 Å². The van der Waals surface area contributed by atoms with Crippen LogP contribution in [0, 0.1) is 12.3 Å². The summed E-state index contributed by atoms with van der Waals surface area (Å²) >= 11 is 5.89. The molecule has 1 unspecified atom stereocenters. The Morgan fingerprint density at radius 3 is 3.15 bits per heavy atom. The van der Waals surface area contributed by atoms with Crippen LogP contribution in [0.25, 0.3) is 0 Å². The van der Waals surface area contributed by atoms with Gasteiger partial charge in [-0.3, -0.25) is 0 Å². The first kappa shape index (κ1) is 9.88. The van der Waals surface area contributed by atoms with Crippen molar-refractivity contribution in [2.45, 2.75) is 19.4 Å². The Balaban J connectivity index is 2.64. The number of halogens is 1. The molecule has 0 saturated carbocycles. The fourth-order valence-electron chi connectivity index (χ4n) is 0.953. The third-order valence-corrected chi connectivity index (χ3v) is 1.87. The van der Waals surface area contributed by atoms with E-state index in [1.165, 1.54) is 0 Å². The van der Waals surface area contributed by atoms with Gasteiger partial charge in [0.2, 0.25) is 0 Å². The van der Waals surface area contributed by atoms with Gasteiger partial charge in [0.1, 0.15) is 5.82 Å². The van der Waals surface area contributed by atoms with Gasteiger partial charge < -0.3 is 5.32 Å². The van der Waals surface area contributed by atoms with E-state index in [0.29, 0.717) is 17.3 Å². The lowest BCUT2D eigenvalue weighted by Crippen LogP contribution is -2.15. The number of aromatic nitrogens is 1. The molecule has 1 heterocycles. The lowest BCUT2D eigenvalue weighted by atomic mass is 10.2. The summed E-state index contributed by atoms with van der Waals surface area (Å²) in [5, 5.41) is 3.74. The van der Waals surface area contributed by atoms with Gasteiger partial charge in [-0.15, -0.1) is 12.3 Å². The van der Waals surface area contributed by atoms with E-state index < -0.39 is 0 Å². The smallest absolute Gasteiger partial charge is 0.144 e. The molecule has 0 spiro atoms. The third-order valence-electron chi connectivity index (χ3n) is 1.57. The Morgan fingerprint density at radius 1 is 1.77 bits per heavy atom. The van der Waals surface area contributed by atoms with Crippen LogP contribution in [0.3, 0.4) is 0 Å². The number of hydrogen-bond donors (Lipinski definition) is 1. The van der Waals surface area contributed by atoms with E-state index in [4.69, 9.17) is 18.0 Å². The Hall–Kier alpha value is -1.20. The molecule has 1 atom stereocenters. The number of pyridine rings is 1. The van der Waals surface area contributed by atoms with Crippen molar-refractivity contribution in [3.8, 4) is 12.3 Å². The standard InChI is InChI=1S/C10H11ClN2/c1-3-5-8(2)13-10-9(11)6-4-7-12-10/h1,4,6-8H,5H2,2H3,(H,12,13). The molecule has 0 aliphatic carbocycles. The molecule has 0 radical (unpaired) electrons. The SMILES string of the molecule is C#CCC(C)Nc1ncccc1Cl. The number of nitrogens with zero attached hydrogens (tertiary/aromatic N) is 1. The summed E-state index contributed by atoms with van der Waals surface area (Å²) in [5.41, 5.74) is 0. The second-order valence-electron chi connectivity index (χ2n) is 2.79. The molecule has 0 amide bonds. The van der Waals surface area contributed by atoms with Crippen LogP contribution in [0.2, 0.25) is 5.02 Å². The largest absolute Gasteiger partial charge is 0.365 e. The predicted octanol–water partition coefficient (Wildman–Crippen LogP) is 2.56. The highest BCUT2D eigenvalue weighted by Crippen LogP contribution is 2.18. The second-order valence-corrected chi connectivity index (χ2v) is 3.19. The predicted molar refractivity (Wildman–Crippen MR) is 55.8 cm³/mol. The van der Waals surface area contributed by atoms with Crippen molar-refractivity contribution in [2.24, 2.45) is 0 Å². The molecule has 1 aromatic heterocycles. The van der Waals surface area contributed by atoms with E-state index in [1.54, 1.807) is 18.3 Å². The summed E-state index contributed by atoms with van der Waals surface area (Å²) < 4.78 is 0. The maximum Gasteiger partial charge on any atom is 0.144 e. The van der Waals surface area contributed by atoms with Gasteiger partial charge in [0.05, 0.1) is 5.02 Å². The van der Waals surface area contributed by atoms with Crippen molar-refractivity contribution >= 4 is 17.4 Å². The van der Waals surface area contributed by atoms with E-state index in [1.807, 2.05) is 6.92 Å². The fraction of sp³-hybridized carbons (Fsp3) is 0.300. The maximum atomic E-state index is 5.89. The van der Waals surface area contributed by atoms with Crippen LogP contribution in [0.15, 0.2) is 18.3 Å². The normalized spacial score (nSPS) is 11.8. The van der Waals surface area contributed by atoms with Crippen LogP contribution < -0.4 is 5.32 Å². The van der Waals surface area contributed by atoms with Gasteiger partial charge in [0, 0.05) is 18.7 Å². The summed E-state index contributed by atoms with van der Waals surface area (Å²) in [6.07, 6.45) is 7.53. The molecule has 13 heavy (non-hydrogen) atoms. The highest BCUT2D eigenvalue weighted by atomic mass is 35.5. The van der Waals surface area contributed by atoms with Crippen molar-refractivity contribution in [3.05, 3.63) is 23.4 Å². The minimum Gasteiger partial charge on any atom is -0.365 e. The van der Waals surface area contributed by atoms with Gasteiger partial charge in [0.25, 0.3) is 0 Å². The second kappa shape index (κ2) is 4.74. The van der Waals surface area contributed by atoms with E-state index >= 15 is 0 Å². The molecule has 68 valence electrons. The number of rotatable bonds is 3. The van der Waals surface area contributed by atoms with Gasteiger partial charge in [-0.2, -0.15) is 0 Å². The number of hydrogen-bond acceptors (Lipinski definition) is 2. The first-order valence-corrected chi connectivity index (χ1v) is 4.42.